The van der Waals surface area contributed by atoms with Crippen LogP contribution in [0.5, 0.6) is 0 Å². The van der Waals surface area contributed by atoms with Crippen LogP contribution in [-0.4, -0.2) is 11.4 Å². The maximum atomic E-state index is 2.65. The summed E-state index contributed by atoms with van der Waals surface area (Å²) in [4.78, 5) is 5.13. The van der Waals surface area contributed by atoms with Crippen molar-refractivity contribution < 1.29 is 4.48 Å². The van der Waals surface area contributed by atoms with Crippen molar-refractivity contribution in [3.8, 4) is 50.2 Å². The van der Waals surface area contributed by atoms with Crippen molar-refractivity contribution in [2.75, 3.05) is 9.80 Å². The summed E-state index contributed by atoms with van der Waals surface area (Å²) in [6.45, 7) is 26.1. The van der Waals surface area contributed by atoms with Crippen molar-refractivity contribution in [3.05, 3.63) is 264 Å². The van der Waals surface area contributed by atoms with Gasteiger partial charge < -0.3 is 4.57 Å². The van der Waals surface area contributed by atoms with Crippen molar-refractivity contribution >= 4 is 74.0 Å². The minimum Gasteiger partial charge on any atom is -0.309 e. The second-order valence-electron chi connectivity index (χ2n) is 30.1. The van der Waals surface area contributed by atoms with E-state index in [4.69, 9.17) is 0 Å². The molecule has 4 heterocycles. The third-order valence-corrected chi connectivity index (χ3v) is 21.5. The number of para-hydroxylation sites is 2. The zero-order valence-electron chi connectivity index (χ0n) is 54.2. The van der Waals surface area contributed by atoms with E-state index in [0.29, 0.717) is 0 Å². The predicted octanol–water partition coefficient (Wildman–Crippen LogP) is 21.0. The number of rotatable bonds is 7. The molecule has 0 atom stereocenters. The van der Waals surface area contributed by atoms with Gasteiger partial charge >= 0.3 is 6.85 Å². The lowest BCUT2D eigenvalue weighted by atomic mass is 9.47. The standard InChI is InChI=1S/C85H80BN4/c1-81(2,3)63-34-25-56(26-35-63)61-33-43-73-77(51-61)88(64-36-27-57(28-37-64)59-31-41-69-71(49-59)84(8,9)47-45-82(69,4)5)79-52-62(55-19-13-12-14-20-55)53-80-89(65-38-29-58(30-39-65)60-32-42-70-72(50-60)85(10,11)48-46-83(70,6)7)78-54-66(40-44-74(78)86(73)90(79)80)87-75-23-17-15-21-67(75)68-22-16-18-24-76(68)87/h12-44,49-54H,45-48H2,1-11H3/q+1. The van der Waals surface area contributed by atoms with Crippen molar-refractivity contribution in [1.29, 1.82) is 0 Å². The van der Waals surface area contributed by atoms with E-state index < -0.39 is 0 Å². The van der Waals surface area contributed by atoms with E-state index in [1.54, 1.807) is 0 Å². The molecule has 0 unspecified atom stereocenters. The van der Waals surface area contributed by atoms with E-state index in [2.05, 4.69) is 332 Å². The monoisotopic (exact) mass is 1170 g/mol. The molecule has 0 fully saturated rings. The number of benzene rings is 10. The zero-order chi connectivity index (χ0) is 61.8. The van der Waals surface area contributed by atoms with Gasteiger partial charge in [-0.05, 0) is 174 Å². The normalized spacial score (nSPS) is 16.5. The number of anilines is 6. The van der Waals surface area contributed by atoms with Gasteiger partial charge in [-0.15, -0.1) is 0 Å². The van der Waals surface area contributed by atoms with Gasteiger partial charge in [0.15, 0.2) is 0 Å². The fourth-order valence-electron chi connectivity index (χ4n) is 16.0. The first-order chi connectivity index (χ1) is 43.2. The molecule has 0 spiro atoms. The predicted molar refractivity (Wildman–Crippen MR) is 382 cm³/mol. The van der Waals surface area contributed by atoms with E-state index in [0.717, 1.165) is 39.9 Å². The number of hydrogen-bond acceptors (Lipinski definition) is 2. The average molecular weight is 1170 g/mol. The van der Waals surface area contributed by atoms with Crippen molar-refractivity contribution in [2.45, 2.75) is 129 Å². The minimum absolute atomic E-state index is 0.0422. The van der Waals surface area contributed by atoms with Gasteiger partial charge in [-0.3, -0.25) is 4.48 Å². The van der Waals surface area contributed by atoms with E-state index in [9.17, 15) is 0 Å². The van der Waals surface area contributed by atoms with Gasteiger partial charge in [0.2, 0.25) is 11.6 Å². The van der Waals surface area contributed by atoms with Gasteiger partial charge in [0.1, 0.15) is 22.7 Å². The average Bonchev–Trinajstić information content (AvgIpc) is 0.789. The van der Waals surface area contributed by atoms with E-state index in [1.807, 2.05) is 0 Å². The first-order valence-electron chi connectivity index (χ1n) is 32.8. The lowest BCUT2D eigenvalue weighted by Gasteiger charge is -2.42. The summed E-state index contributed by atoms with van der Waals surface area (Å²) < 4.78 is 5.13. The van der Waals surface area contributed by atoms with Gasteiger partial charge in [-0.1, -0.05) is 246 Å². The molecule has 12 aromatic rings. The van der Waals surface area contributed by atoms with Crippen LogP contribution in [0.2, 0.25) is 0 Å². The molecule has 2 aliphatic carbocycles. The van der Waals surface area contributed by atoms with Crippen LogP contribution in [-0.2, 0) is 27.1 Å². The van der Waals surface area contributed by atoms with Crippen LogP contribution in [0.3, 0.4) is 0 Å². The second kappa shape index (κ2) is 20.2. The Morgan fingerprint density at radius 1 is 0.333 bits per heavy atom. The maximum Gasteiger partial charge on any atom is 0.418 e. The lowest BCUT2D eigenvalue weighted by Crippen LogP contribution is -2.73. The number of aromatic nitrogens is 2. The molecule has 0 saturated carbocycles. The SMILES string of the molecule is CC(C)(C)c1ccc(-c2ccc3c(c2)N(c2ccc(-c4ccc5c(c4)C(C)(C)CCC5(C)C)cc2)c2cc(-c4ccccc4)cc4[n+]2B3c2ccc(-n3c5ccccc5c5ccccc53)cc2N4c2ccc(-c3ccc4c(c3)C(C)(C)CCC4(C)C)cc2)cc1. The molecule has 2 aromatic heterocycles. The molecule has 0 saturated heterocycles. The van der Waals surface area contributed by atoms with Gasteiger partial charge in [0.25, 0.3) is 0 Å². The Balaban J connectivity index is 0.934. The van der Waals surface area contributed by atoms with Crippen LogP contribution in [0.4, 0.5) is 34.4 Å². The topological polar surface area (TPSA) is 15.3 Å². The number of hydrogen-bond donors (Lipinski definition) is 0. The fourth-order valence-corrected chi connectivity index (χ4v) is 16.0. The first kappa shape index (κ1) is 56.1. The molecule has 10 aromatic carbocycles. The summed E-state index contributed by atoms with van der Waals surface area (Å²) >= 11 is 0. The first-order valence-corrected chi connectivity index (χ1v) is 32.8. The number of fused-ring (bicyclic) bond motifs is 9. The number of pyridine rings is 1. The highest BCUT2D eigenvalue weighted by Crippen LogP contribution is 2.51. The van der Waals surface area contributed by atoms with Crippen LogP contribution in [0, 0.1) is 0 Å². The third kappa shape index (κ3) is 8.96. The van der Waals surface area contributed by atoms with Crippen molar-refractivity contribution in [2.24, 2.45) is 0 Å². The second-order valence-corrected chi connectivity index (χ2v) is 30.1. The van der Waals surface area contributed by atoms with E-state index in [1.165, 1.54) is 131 Å². The fraction of sp³-hybridized carbons (Fsp3) is 0.235. The maximum absolute atomic E-state index is 2.65. The molecule has 0 radical (unpaired) electrons. The largest absolute Gasteiger partial charge is 0.418 e. The Labute approximate surface area is 533 Å². The van der Waals surface area contributed by atoms with Crippen LogP contribution < -0.4 is 25.2 Å². The lowest BCUT2D eigenvalue weighted by molar-refractivity contribution is -0.505. The molecule has 4 aliphatic rings. The third-order valence-electron chi connectivity index (χ3n) is 21.5. The van der Waals surface area contributed by atoms with Crippen molar-refractivity contribution in [3.63, 3.8) is 0 Å². The smallest absolute Gasteiger partial charge is 0.309 e. The highest BCUT2D eigenvalue weighted by atomic mass is 15.3. The molecule has 2 aliphatic heterocycles. The molecule has 90 heavy (non-hydrogen) atoms. The molecule has 0 bridgehead atoms. The van der Waals surface area contributed by atoms with Crippen LogP contribution in [0.25, 0.3) is 72.0 Å². The quantitative estimate of drug-likeness (QED) is 0.148. The minimum atomic E-state index is -0.174. The van der Waals surface area contributed by atoms with Crippen molar-refractivity contribution in [1.82, 2.24) is 4.57 Å². The summed E-state index contributed by atoms with van der Waals surface area (Å²) in [7, 11) is 0. The molecule has 0 amide bonds. The molecule has 16 rings (SSSR count). The summed E-state index contributed by atoms with van der Waals surface area (Å²) in [5.41, 5.74) is 28.0. The Kier molecular flexibility index (Phi) is 12.6. The van der Waals surface area contributed by atoms with E-state index >= 15 is 0 Å². The van der Waals surface area contributed by atoms with Gasteiger partial charge in [-0.25, -0.2) is 9.80 Å². The Hall–Kier alpha value is -9.19. The summed E-state index contributed by atoms with van der Waals surface area (Å²) in [5, 5.41) is 2.50. The Bertz CT molecular complexity index is 4810. The molecule has 4 nitrogen and oxygen atoms in total. The van der Waals surface area contributed by atoms with Crippen LogP contribution >= 0.6 is 0 Å². The molecule has 5 heteroatoms. The highest BCUT2D eigenvalue weighted by molar-refractivity contribution is 6.82. The van der Waals surface area contributed by atoms with Gasteiger partial charge in [-0.2, -0.15) is 0 Å². The summed E-state index contributed by atoms with van der Waals surface area (Å²) in [6.07, 6.45) is 4.75. The molecular weight excluding hydrogens is 1090 g/mol. The van der Waals surface area contributed by atoms with Crippen LogP contribution in [0.1, 0.15) is 130 Å². The molecular formula is C85H80BN4+. The zero-order valence-corrected chi connectivity index (χ0v) is 54.2. The van der Waals surface area contributed by atoms with E-state index in [-0.39, 0.29) is 33.9 Å². The van der Waals surface area contributed by atoms with Gasteiger partial charge in [0.05, 0.1) is 11.0 Å². The molecule has 442 valence electrons. The summed E-state index contributed by atoms with van der Waals surface area (Å²) in [5.74, 6) is 2.20. The number of nitrogens with zero attached hydrogens (tertiary/aromatic N) is 4. The Morgan fingerprint density at radius 2 is 0.711 bits per heavy atom. The van der Waals surface area contributed by atoms with Gasteiger partial charge in [0, 0.05) is 45.6 Å². The highest BCUT2D eigenvalue weighted by Gasteiger charge is 2.50. The summed E-state index contributed by atoms with van der Waals surface area (Å²) in [6, 6.07) is 91.1. The van der Waals surface area contributed by atoms with Crippen LogP contribution in [0.15, 0.2) is 237 Å². The Morgan fingerprint density at radius 3 is 1.20 bits per heavy atom. The molecule has 0 N–H and O–H groups in total.